The molecule has 3 N–H and O–H groups in total. The van der Waals surface area contributed by atoms with E-state index >= 15 is 0 Å². The Morgan fingerprint density at radius 3 is 2.56 bits per heavy atom. The average Bonchev–Trinajstić information content (AvgIpc) is 3.12. The fourth-order valence-corrected chi connectivity index (χ4v) is 5.55. The standard InChI is InChI=1S/C25H33N7O3S/c1-5-27-23(34)18(11-26)25-32(6-2)24(35)19(36-25)12-28-20-8-7-9-21(29-20)30-22(33)15-31-13-16(3)10-17(4)14-31/h7-9,12,16-17H,5-6,10,13-15H2,1-4H3,(H,27,34)(H2,28,29,30,33). The van der Waals surface area contributed by atoms with Gasteiger partial charge in [-0.2, -0.15) is 5.26 Å². The number of thiazole rings is 1. The third kappa shape index (κ3) is 6.80. The third-order valence-electron chi connectivity index (χ3n) is 5.79. The number of nitrogens with one attached hydrogen (secondary N) is 3. The Balaban J connectivity index is 1.77. The van der Waals surface area contributed by atoms with E-state index in [9.17, 15) is 19.6 Å². The number of anilines is 2. The largest absolute Gasteiger partial charge is 0.352 e. The second kappa shape index (κ2) is 12.5. The summed E-state index contributed by atoms with van der Waals surface area (Å²) in [4.78, 5) is 44.3. The van der Waals surface area contributed by atoms with Crippen LogP contribution in [0.3, 0.4) is 0 Å². The number of rotatable bonds is 8. The molecular weight excluding hydrogens is 478 g/mol. The van der Waals surface area contributed by atoms with Gasteiger partial charge in [0.05, 0.1) is 6.54 Å². The number of piperidine rings is 1. The van der Waals surface area contributed by atoms with E-state index in [2.05, 4.69) is 39.7 Å². The SMILES string of the molecule is CCNC(=O)C(C#N)=c1sc(=CNc2cccc(NC(=O)CN3CC(C)CC(C)C3)n2)c(=O)n1CC. The normalized spacial score (nSPS) is 19.4. The van der Waals surface area contributed by atoms with E-state index in [1.54, 1.807) is 32.0 Å². The molecule has 1 fully saturated rings. The van der Waals surface area contributed by atoms with Gasteiger partial charge in [-0.1, -0.05) is 19.9 Å². The Morgan fingerprint density at radius 2 is 1.92 bits per heavy atom. The Morgan fingerprint density at radius 1 is 1.22 bits per heavy atom. The van der Waals surface area contributed by atoms with Gasteiger partial charge in [-0.05, 0) is 44.2 Å². The van der Waals surface area contributed by atoms with Gasteiger partial charge in [0.1, 0.15) is 26.9 Å². The van der Waals surface area contributed by atoms with Crippen LogP contribution >= 0.6 is 11.3 Å². The molecule has 192 valence electrons. The molecule has 0 spiro atoms. The molecule has 2 amide bonds. The number of hydrogen-bond acceptors (Lipinski definition) is 8. The summed E-state index contributed by atoms with van der Waals surface area (Å²) >= 11 is 1.06. The first-order valence-corrected chi connectivity index (χ1v) is 13.0. The molecule has 0 bridgehead atoms. The van der Waals surface area contributed by atoms with Crippen LogP contribution in [0, 0.1) is 23.2 Å². The van der Waals surface area contributed by atoms with E-state index in [0.717, 1.165) is 24.4 Å². The Hall–Kier alpha value is -3.49. The molecule has 0 aliphatic carbocycles. The van der Waals surface area contributed by atoms with Crippen molar-refractivity contribution in [2.24, 2.45) is 11.8 Å². The number of aromatic nitrogens is 2. The topological polar surface area (TPSA) is 132 Å². The second-order valence-corrected chi connectivity index (χ2v) is 10.1. The maximum atomic E-state index is 12.9. The monoisotopic (exact) mass is 511 g/mol. The molecule has 11 heteroatoms. The number of carbonyl (C=O) groups is 2. The maximum Gasteiger partial charge on any atom is 0.270 e. The van der Waals surface area contributed by atoms with Crippen molar-refractivity contribution in [3.63, 3.8) is 0 Å². The fourth-order valence-electron chi connectivity index (χ4n) is 4.47. The molecule has 2 aromatic heterocycles. The van der Waals surface area contributed by atoms with Gasteiger partial charge < -0.3 is 16.0 Å². The first-order valence-electron chi connectivity index (χ1n) is 12.1. The minimum Gasteiger partial charge on any atom is -0.352 e. The molecule has 2 aromatic rings. The summed E-state index contributed by atoms with van der Waals surface area (Å²) in [6.07, 6.45) is 2.68. The number of nitriles is 1. The summed E-state index contributed by atoms with van der Waals surface area (Å²) in [7, 11) is 0. The molecule has 0 saturated carbocycles. The number of likely N-dealkylation sites (tertiary alicyclic amines) is 1. The van der Waals surface area contributed by atoms with Crippen molar-refractivity contribution in [1.82, 2.24) is 19.8 Å². The van der Waals surface area contributed by atoms with E-state index in [1.807, 2.05) is 6.07 Å². The van der Waals surface area contributed by atoms with Crippen molar-refractivity contribution < 1.29 is 9.59 Å². The summed E-state index contributed by atoms with van der Waals surface area (Å²) in [5.41, 5.74) is -0.405. The minimum absolute atomic E-state index is 0.0965. The molecule has 2 unspecified atom stereocenters. The smallest absolute Gasteiger partial charge is 0.270 e. The van der Waals surface area contributed by atoms with Gasteiger partial charge in [0.2, 0.25) is 5.91 Å². The molecule has 1 aliphatic heterocycles. The number of amides is 2. The lowest BCUT2D eigenvalue weighted by atomic mass is 9.92. The highest BCUT2D eigenvalue weighted by Gasteiger charge is 2.23. The molecule has 3 heterocycles. The van der Waals surface area contributed by atoms with Crippen LogP contribution in [0.15, 0.2) is 23.0 Å². The Labute approximate surface area is 214 Å². The van der Waals surface area contributed by atoms with Crippen molar-refractivity contribution in [3.8, 4) is 6.07 Å². The van der Waals surface area contributed by atoms with E-state index in [0.29, 0.717) is 52.3 Å². The van der Waals surface area contributed by atoms with Crippen LogP contribution in [0.5, 0.6) is 0 Å². The number of carbonyl (C=O) groups excluding carboxylic acids is 2. The van der Waals surface area contributed by atoms with Gasteiger partial charge in [0, 0.05) is 32.4 Å². The van der Waals surface area contributed by atoms with Crippen molar-refractivity contribution in [1.29, 1.82) is 5.26 Å². The molecule has 0 aromatic carbocycles. The maximum absolute atomic E-state index is 12.9. The first kappa shape index (κ1) is 27.1. The van der Waals surface area contributed by atoms with Crippen LogP contribution in [0.2, 0.25) is 0 Å². The fraction of sp³-hybridized carbons (Fsp3) is 0.480. The predicted molar refractivity (Wildman–Crippen MR) is 142 cm³/mol. The highest BCUT2D eigenvalue weighted by atomic mass is 32.1. The van der Waals surface area contributed by atoms with Gasteiger partial charge >= 0.3 is 0 Å². The number of hydrogen-bond donors (Lipinski definition) is 3. The molecule has 10 nitrogen and oxygen atoms in total. The number of pyridine rings is 1. The molecule has 1 aliphatic rings. The van der Waals surface area contributed by atoms with Crippen LogP contribution in [0.25, 0.3) is 11.8 Å². The van der Waals surface area contributed by atoms with E-state index in [-0.39, 0.29) is 17.0 Å². The van der Waals surface area contributed by atoms with Gasteiger partial charge in [-0.15, -0.1) is 11.3 Å². The van der Waals surface area contributed by atoms with E-state index in [4.69, 9.17) is 0 Å². The summed E-state index contributed by atoms with van der Waals surface area (Å²) < 4.78 is 2.03. The summed E-state index contributed by atoms with van der Waals surface area (Å²) in [5.74, 6) is 1.36. The van der Waals surface area contributed by atoms with Crippen molar-refractivity contribution in [2.75, 3.05) is 36.8 Å². The molecular formula is C25H33N7O3S. The van der Waals surface area contributed by atoms with Gasteiger partial charge in [0.25, 0.3) is 11.5 Å². The molecule has 2 atom stereocenters. The summed E-state index contributed by atoms with van der Waals surface area (Å²) in [5, 5.41) is 17.9. The van der Waals surface area contributed by atoms with Gasteiger partial charge in [-0.3, -0.25) is 23.9 Å². The zero-order valence-electron chi connectivity index (χ0n) is 21.1. The van der Waals surface area contributed by atoms with Gasteiger partial charge in [-0.25, -0.2) is 4.98 Å². The van der Waals surface area contributed by atoms with Crippen molar-refractivity contribution in [2.45, 2.75) is 40.7 Å². The van der Waals surface area contributed by atoms with E-state index in [1.165, 1.54) is 17.2 Å². The van der Waals surface area contributed by atoms with Crippen LogP contribution in [0.4, 0.5) is 11.6 Å². The van der Waals surface area contributed by atoms with Crippen molar-refractivity contribution in [3.05, 3.63) is 37.7 Å². The summed E-state index contributed by atoms with van der Waals surface area (Å²) in [6.45, 7) is 10.8. The summed E-state index contributed by atoms with van der Waals surface area (Å²) in [6, 6.07) is 7.09. The Bertz CT molecular complexity index is 1310. The first-order chi connectivity index (χ1) is 17.2. The van der Waals surface area contributed by atoms with Crippen LogP contribution < -0.4 is 30.7 Å². The zero-order valence-corrected chi connectivity index (χ0v) is 21.9. The highest BCUT2D eigenvalue weighted by molar-refractivity contribution is 7.07. The lowest BCUT2D eigenvalue weighted by Gasteiger charge is -2.34. The van der Waals surface area contributed by atoms with Crippen LogP contribution in [0.1, 0.15) is 34.1 Å². The number of nitrogens with zero attached hydrogens (tertiary/aromatic N) is 4. The van der Waals surface area contributed by atoms with Crippen molar-refractivity contribution >= 4 is 46.6 Å². The average molecular weight is 512 g/mol. The molecule has 3 rings (SSSR count). The molecule has 36 heavy (non-hydrogen) atoms. The highest BCUT2D eigenvalue weighted by Crippen LogP contribution is 2.20. The van der Waals surface area contributed by atoms with Gasteiger partial charge in [0.15, 0.2) is 5.57 Å². The predicted octanol–water partition coefficient (Wildman–Crippen LogP) is 0.902. The quantitative estimate of drug-likeness (QED) is 0.480. The lowest BCUT2D eigenvalue weighted by molar-refractivity contribution is -0.118. The van der Waals surface area contributed by atoms with Crippen LogP contribution in [-0.4, -0.2) is 52.4 Å². The lowest BCUT2D eigenvalue weighted by Crippen LogP contribution is -2.42. The van der Waals surface area contributed by atoms with Crippen LogP contribution in [-0.2, 0) is 16.1 Å². The Kier molecular flexibility index (Phi) is 9.38. The zero-order chi connectivity index (χ0) is 26.2. The molecule has 1 saturated heterocycles. The third-order valence-corrected chi connectivity index (χ3v) is 6.92. The molecule has 0 radical (unpaired) electrons. The van der Waals surface area contributed by atoms with E-state index < -0.39 is 5.91 Å². The second-order valence-electron chi connectivity index (χ2n) is 9.05. The minimum atomic E-state index is -0.512.